The molecule has 1 aliphatic heterocycles. The summed E-state index contributed by atoms with van der Waals surface area (Å²) in [5.41, 5.74) is 1.83. The number of benzene rings is 1. The topological polar surface area (TPSA) is 45.7 Å². The van der Waals surface area contributed by atoms with Crippen molar-refractivity contribution in [3.05, 3.63) is 54.4 Å². The number of methoxy groups -OCH3 is 1. The molecule has 0 bridgehead atoms. The number of piperazine rings is 1. The van der Waals surface area contributed by atoms with Crippen LogP contribution in [0.25, 0.3) is 0 Å². The molecule has 1 fully saturated rings. The molecule has 0 spiro atoms. The molecule has 1 saturated heterocycles. The van der Waals surface area contributed by atoms with Gasteiger partial charge in [0, 0.05) is 55.9 Å². The lowest BCUT2D eigenvalue weighted by atomic mass is 10.2. The number of ether oxygens (including phenoxy) is 1. The second kappa shape index (κ2) is 6.47. The maximum absolute atomic E-state index is 12.4. The molecule has 1 amide bonds. The Kier molecular flexibility index (Phi) is 4.23. The zero-order chi connectivity index (χ0) is 15.4. The first-order valence-corrected chi connectivity index (χ1v) is 7.36. The lowest BCUT2D eigenvalue weighted by Crippen LogP contribution is -2.48. The maximum Gasteiger partial charge on any atom is 0.254 e. The average Bonchev–Trinajstić information content (AvgIpc) is 2.62. The minimum absolute atomic E-state index is 0.0766. The third-order valence-electron chi connectivity index (χ3n) is 3.91. The molecule has 3 rings (SSSR count). The summed E-state index contributed by atoms with van der Waals surface area (Å²) in [6.07, 6.45) is 3.31. The van der Waals surface area contributed by atoms with E-state index in [0.717, 1.165) is 37.6 Å². The van der Waals surface area contributed by atoms with Crippen LogP contribution in [0.15, 0.2) is 48.8 Å². The largest absolute Gasteiger partial charge is 0.497 e. The first-order valence-electron chi connectivity index (χ1n) is 7.36. The SMILES string of the molecule is COc1cccc(N2CCN(C(=O)c3ccncc3)CC2)c1. The summed E-state index contributed by atoms with van der Waals surface area (Å²) >= 11 is 0. The molecule has 0 saturated carbocycles. The maximum atomic E-state index is 12.4. The van der Waals surface area contributed by atoms with Crippen molar-refractivity contribution in [1.82, 2.24) is 9.88 Å². The Morgan fingerprint density at radius 2 is 1.82 bits per heavy atom. The summed E-state index contributed by atoms with van der Waals surface area (Å²) in [5.74, 6) is 0.931. The summed E-state index contributed by atoms with van der Waals surface area (Å²) in [5, 5.41) is 0. The normalized spacial score (nSPS) is 14.8. The predicted molar refractivity (Wildman–Crippen MR) is 85.3 cm³/mol. The summed E-state index contributed by atoms with van der Waals surface area (Å²) < 4.78 is 5.27. The van der Waals surface area contributed by atoms with E-state index in [1.807, 2.05) is 23.1 Å². The first kappa shape index (κ1) is 14.4. The lowest BCUT2D eigenvalue weighted by molar-refractivity contribution is 0.0746. The molecule has 1 aromatic heterocycles. The number of aromatic nitrogens is 1. The smallest absolute Gasteiger partial charge is 0.254 e. The molecular formula is C17H19N3O2. The predicted octanol–water partition coefficient (Wildman–Crippen LogP) is 2.05. The number of carbonyl (C=O) groups is 1. The summed E-state index contributed by atoms with van der Waals surface area (Å²) in [4.78, 5) is 20.5. The van der Waals surface area contributed by atoms with Crippen molar-refractivity contribution in [2.24, 2.45) is 0 Å². The zero-order valence-electron chi connectivity index (χ0n) is 12.6. The van der Waals surface area contributed by atoms with Crippen molar-refractivity contribution in [3.63, 3.8) is 0 Å². The van der Waals surface area contributed by atoms with Crippen molar-refractivity contribution >= 4 is 11.6 Å². The van der Waals surface area contributed by atoms with Crippen molar-refractivity contribution in [2.45, 2.75) is 0 Å². The molecule has 0 N–H and O–H groups in total. The number of hydrogen-bond acceptors (Lipinski definition) is 4. The van der Waals surface area contributed by atoms with Crippen LogP contribution in [0.3, 0.4) is 0 Å². The van der Waals surface area contributed by atoms with Gasteiger partial charge in [0.25, 0.3) is 5.91 Å². The van der Waals surface area contributed by atoms with E-state index in [0.29, 0.717) is 5.56 Å². The molecule has 2 aromatic rings. The number of pyridine rings is 1. The second-order valence-corrected chi connectivity index (χ2v) is 5.22. The van der Waals surface area contributed by atoms with E-state index in [2.05, 4.69) is 16.0 Å². The number of amides is 1. The summed E-state index contributed by atoms with van der Waals surface area (Å²) in [7, 11) is 1.67. The van der Waals surface area contributed by atoms with Crippen molar-refractivity contribution in [1.29, 1.82) is 0 Å². The van der Waals surface area contributed by atoms with Gasteiger partial charge in [0.1, 0.15) is 5.75 Å². The van der Waals surface area contributed by atoms with Gasteiger partial charge in [0.05, 0.1) is 7.11 Å². The number of rotatable bonds is 3. The van der Waals surface area contributed by atoms with E-state index in [1.54, 1.807) is 31.6 Å². The average molecular weight is 297 g/mol. The third-order valence-corrected chi connectivity index (χ3v) is 3.91. The number of hydrogen-bond donors (Lipinski definition) is 0. The van der Waals surface area contributed by atoms with Crippen LogP contribution in [0.4, 0.5) is 5.69 Å². The van der Waals surface area contributed by atoms with Crippen molar-refractivity contribution in [2.75, 3.05) is 38.2 Å². The minimum Gasteiger partial charge on any atom is -0.497 e. The fourth-order valence-electron chi connectivity index (χ4n) is 2.65. The number of anilines is 1. The van der Waals surface area contributed by atoms with Crippen LogP contribution in [-0.4, -0.2) is 49.1 Å². The van der Waals surface area contributed by atoms with Gasteiger partial charge in [-0.25, -0.2) is 0 Å². The Morgan fingerprint density at radius 1 is 1.09 bits per heavy atom. The highest BCUT2D eigenvalue weighted by Gasteiger charge is 2.22. The van der Waals surface area contributed by atoms with E-state index < -0.39 is 0 Å². The third kappa shape index (κ3) is 3.03. The molecular weight excluding hydrogens is 278 g/mol. The van der Waals surface area contributed by atoms with E-state index in [-0.39, 0.29) is 5.91 Å². The summed E-state index contributed by atoms with van der Waals surface area (Å²) in [6.45, 7) is 3.09. The van der Waals surface area contributed by atoms with Gasteiger partial charge in [0.15, 0.2) is 0 Å². The highest BCUT2D eigenvalue weighted by atomic mass is 16.5. The number of nitrogens with zero attached hydrogens (tertiary/aromatic N) is 3. The van der Waals surface area contributed by atoms with Crippen molar-refractivity contribution in [3.8, 4) is 5.75 Å². The van der Waals surface area contributed by atoms with Gasteiger partial charge in [-0.05, 0) is 24.3 Å². The van der Waals surface area contributed by atoms with Gasteiger partial charge in [-0.15, -0.1) is 0 Å². The van der Waals surface area contributed by atoms with Gasteiger partial charge in [-0.1, -0.05) is 6.07 Å². The van der Waals surface area contributed by atoms with E-state index in [1.165, 1.54) is 0 Å². The Hall–Kier alpha value is -2.56. The lowest BCUT2D eigenvalue weighted by Gasteiger charge is -2.36. The van der Waals surface area contributed by atoms with Crippen LogP contribution in [0.2, 0.25) is 0 Å². The fourth-order valence-corrected chi connectivity index (χ4v) is 2.65. The van der Waals surface area contributed by atoms with Crippen LogP contribution < -0.4 is 9.64 Å². The molecule has 0 radical (unpaired) electrons. The second-order valence-electron chi connectivity index (χ2n) is 5.22. The quantitative estimate of drug-likeness (QED) is 0.870. The molecule has 5 heteroatoms. The highest BCUT2D eigenvalue weighted by molar-refractivity contribution is 5.94. The molecule has 0 atom stereocenters. The van der Waals surface area contributed by atoms with E-state index in [4.69, 9.17) is 4.74 Å². The molecule has 5 nitrogen and oxygen atoms in total. The molecule has 22 heavy (non-hydrogen) atoms. The van der Waals surface area contributed by atoms with Crippen LogP contribution in [0.1, 0.15) is 10.4 Å². The molecule has 2 heterocycles. The van der Waals surface area contributed by atoms with E-state index in [9.17, 15) is 4.79 Å². The monoisotopic (exact) mass is 297 g/mol. The molecule has 1 aromatic carbocycles. The van der Waals surface area contributed by atoms with Crippen LogP contribution in [0.5, 0.6) is 5.75 Å². The molecule has 0 aliphatic carbocycles. The zero-order valence-corrected chi connectivity index (χ0v) is 12.6. The van der Waals surface area contributed by atoms with Crippen LogP contribution in [0, 0.1) is 0 Å². The first-order chi connectivity index (χ1) is 10.8. The van der Waals surface area contributed by atoms with Gasteiger partial charge < -0.3 is 14.5 Å². The highest BCUT2D eigenvalue weighted by Crippen LogP contribution is 2.22. The minimum atomic E-state index is 0.0766. The Labute approximate surface area is 130 Å². The molecule has 114 valence electrons. The standard InChI is InChI=1S/C17H19N3O2/c1-22-16-4-2-3-15(13-16)19-9-11-20(12-10-19)17(21)14-5-7-18-8-6-14/h2-8,13H,9-12H2,1H3. The van der Waals surface area contributed by atoms with Gasteiger partial charge >= 0.3 is 0 Å². The van der Waals surface area contributed by atoms with Gasteiger partial charge in [-0.2, -0.15) is 0 Å². The number of carbonyl (C=O) groups excluding carboxylic acids is 1. The Balaban J connectivity index is 1.64. The van der Waals surface area contributed by atoms with Crippen LogP contribution >= 0.6 is 0 Å². The Morgan fingerprint density at radius 3 is 2.50 bits per heavy atom. The van der Waals surface area contributed by atoms with Gasteiger partial charge in [-0.3, -0.25) is 9.78 Å². The summed E-state index contributed by atoms with van der Waals surface area (Å²) in [6, 6.07) is 11.5. The van der Waals surface area contributed by atoms with Crippen molar-refractivity contribution < 1.29 is 9.53 Å². The fraction of sp³-hybridized carbons (Fsp3) is 0.294. The molecule has 1 aliphatic rings. The van der Waals surface area contributed by atoms with Gasteiger partial charge in [0.2, 0.25) is 0 Å². The van der Waals surface area contributed by atoms with E-state index >= 15 is 0 Å². The molecule has 0 unspecified atom stereocenters. The Bertz CT molecular complexity index is 637. The van der Waals surface area contributed by atoms with Crippen LogP contribution in [-0.2, 0) is 0 Å².